The summed E-state index contributed by atoms with van der Waals surface area (Å²) in [6.07, 6.45) is 0. The van der Waals surface area contributed by atoms with Crippen molar-refractivity contribution in [3.8, 4) is 11.5 Å². The first-order valence-electron chi connectivity index (χ1n) is 7.89. The van der Waals surface area contributed by atoms with Crippen molar-refractivity contribution in [2.45, 2.75) is 4.75 Å². The molecule has 0 fully saturated rings. The second kappa shape index (κ2) is 7.87. The van der Waals surface area contributed by atoms with Gasteiger partial charge in [-0.1, -0.05) is 64.6 Å². The van der Waals surface area contributed by atoms with Gasteiger partial charge in [-0.05, 0) is 36.4 Å². The van der Waals surface area contributed by atoms with Crippen molar-refractivity contribution in [2.24, 2.45) is 0 Å². The van der Waals surface area contributed by atoms with Crippen molar-refractivity contribution in [3.05, 3.63) is 91.4 Å². The summed E-state index contributed by atoms with van der Waals surface area (Å²) in [6, 6.07) is 11.7. The van der Waals surface area contributed by atoms with Crippen LogP contribution in [0.3, 0.4) is 0 Å². The Labute approximate surface area is 186 Å². The second-order valence-corrected chi connectivity index (χ2v) is 9.33. The van der Waals surface area contributed by atoms with Crippen molar-refractivity contribution < 1.29 is 23.2 Å². The van der Waals surface area contributed by atoms with E-state index in [1.54, 1.807) is 6.07 Å². The molecule has 3 N–H and O–H groups in total. The van der Waals surface area contributed by atoms with Crippen molar-refractivity contribution in [1.29, 1.82) is 0 Å². The van der Waals surface area contributed by atoms with Crippen LogP contribution in [-0.2, 0) is 14.9 Å². The summed E-state index contributed by atoms with van der Waals surface area (Å²) < 4.78 is 33.9. The molecule has 0 amide bonds. The molecule has 5 nitrogen and oxygen atoms in total. The lowest BCUT2D eigenvalue weighted by Gasteiger charge is -2.34. The Morgan fingerprint density at radius 2 is 1.34 bits per heavy atom. The van der Waals surface area contributed by atoms with E-state index in [1.165, 1.54) is 30.3 Å². The van der Waals surface area contributed by atoms with E-state index in [4.69, 9.17) is 46.4 Å². The highest BCUT2D eigenvalue weighted by Crippen LogP contribution is 2.53. The van der Waals surface area contributed by atoms with Gasteiger partial charge in [-0.15, -0.1) is 0 Å². The molecular weight excluding hydrogens is 482 g/mol. The lowest BCUT2D eigenvalue weighted by molar-refractivity contribution is 0.428. The Bertz CT molecular complexity index is 1210. The highest BCUT2D eigenvalue weighted by molar-refractivity contribution is 7.87. The van der Waals surface area contributed by atoms with Gasteiger partial charge >= 0.3 is 0 Å². The second-order valence-electron chi connectivity index (χ2n) is 6.08. The molecule has 10 heteroatoms. The van der Waals surface area contributed by atoms with Crippen LogP contribution in [0, 0.1) is 0 Å². The number of hydrogen-bond acceptors (Lipinski definition) is 4. The SMILES string of the molecule is O=S(=O)(O)C(c1cc(Cl)ccc1O)(c1ccccc1Cl)c1cc(Cl)cc(Cl)c1O. The third-order valence-electron chi connectivity index (χ3n) is 4.39. The molecule has 3 rings (SSSR count). The third-order valence-corrected chi connectivity index (χ3v) is 6.89. The van der Waals surface area contributed by atoms with Gasteiger partial charge in [0.05, 0.1) is 5.02 Å². The van der Waals surface area contributed by atoms with Gasteiger partial charge in [-0.25, -0.2) is 0 Å². The molecule has 29 heavy (non-hydrogen) atoms. The maximum atomic E-state index is 13.0. The van der Waals surface area contributed by atoms with Gasteiger partial charge in [0.2, 0.25) is 0 Å². The van der Waals surface area contributed by atoms with E-state index >= 15 is 0 Å². The summed E-state index contributed by atoms with van der Waals surface area (Å²) in [4.78, 5) is 0. The molecule has 3 aromatic rings. The third kappa shape index (κ3) is 3.65. The minimum absolute atomic E-state index is 0.0237. The molecule has 3 aromatic carbocycles. The number of rotatable bonds is 4. The minimum atomic E-state index is -5.18. The topological polar surface area (TPSA) is 94.8 Å². The van der Waals surface area contributed by atoms with Gasteiger partial charge in [0.1, 0.15) is 11.5 Å². The van der Waals surface area contributed by atoms with Crippen LogP contribution in [-0.4, -0.2) is 23.2 Å². The predicted octanol–water partition coefficient (Wildman–Crippen LogP) is 5.89. The van der Waals surface area contributed by atoms with Crippen LogP contribution in [0.1, 0.15) is 16.7 Å². The Morgan fingerprint density at radius 1 is 0.724 bits per heavy atom. The molecule has 0 aliphatic carbocycles. The van der Waals surface area contributed by atoms with E-state index in [9.17, 15) is 23.2 Å². The smallest absolute Gasteiger partial charge is 0.283 e. The van der Waals surface area contributed by atoms with Crippen LogP contribution in [0.15, 0.2) is 54.6 Å². The number of hydrogen-bond donors (Lipinski definition) is 3. The molecule has 1 unspecified atom stereocenters. The van der Waals surface area contributed by atoms with E-state index in [-0.39, 0.29) is 31.2 Å². The first-order chi connectivity index (χ1) is 13.5. The molecule has 0 bridgehead atoms. The Kier molecular flexibility index (Phi) is 5.98. The normalized spacial score (nSPS) is 13.8. The molecule has 1 atom stereocenters. The van der Waals surface area contributed by atoms with Gasteiger partial charge < -0.3 is 10.2 Å². The first-order valence-corrected chi connectivity index (χ1v) is 10.8. The predicted molar refractivity (Wildman–Crippen MR) is 114 cm³/mol. The highest BCUT2D eigenvalue weighted by atomic mass is 35.5. The van der Waals surface area contributed by atoms with Crippen LogP contribution in [0.4, 0.5) is 0 Å². The van der Waals surface area contributed by atoms with E-state index < -0.39 is 31.9 Å². The standard InChI is InChI=1S/C19H12Cl4O5S/c20-10-5-6-17(24)13(7-10)19(29(26,27)28,12-3-1-2-4-15(12)22)14-8-11(21)9-16(23)18(14)25/h1-9,24-25H,(H,26,27,28). The van der Waals surface area contributed by atoms with Gasteiger partial charge in [0.25, 0.3) is 10.1 Å². The maximum absolute atomic E-state index is 13.0. The van der Waals surface area contributed by atoms with Crippen molar-refractivity contribution >= 4 is 56.5 Å². The van der Waals surface area contributed by atoms with E-state index in [0.29, 0.717) is 0 Å². The summed E-state index contributed by atoms with van der Waals surface area (Å²) in [6.45, 7) is 0. The van der Waals surface area contributed by atoms with Crippen molar-refractivity contribution in [3.63, 3.8) is 0 Å². The molecule has 0 radical (unpaired) electrons. The van der Waals surface area contributed by atoms with Crippen LogP contribution in [0.25, 0.3) is 0 Å². The number of phenols is 2. The number of benzene rings is 3. The lowest BCUT2D eigenvalue weighted by Crippen LogP contribution is -2.38. The molecule has 0 saturated carbocycles. The number of halogens is 4. The Hall–Kier alpha value is -1.67. The monoisotopic (exact) mass is 492 g/mol. The van der Waals surface area contributed by atoms with Crippen LogP contribution in [0.2, 0.25) is 20.1 Å². The van der Waals surface area contributed by atoms with E-state index in [1.807, 2.05) is 0 Å². The zero-order chi connectivity index (χ0) is 21.6. The zero-order valence-electron chi connectivity index (χ0n) is 14.3. The molecule has 0 aliphatic rings. The quantitative estimate of drug-likeness (QED) is 0.311. The average Bonchev–Trinajstić information content (AvgIpc) is 2.62. The molecule has 0 saturated heterocycles. The lowest BCUT2D eigenvalue weighted by atomic mass is 9.83. The van der Waals surface area contributed by atoms with Crippen LogP contribution in [0.5, 0.6) is 11.5 Å². The Balaban J connectivity index is 2.68. The van der Waals surface area contributed by atoms with E-state index in [2.05, 4.69) is 0 Å². The van der Waals surface area contributed by atoms with Gasteiger partial charge in [0.15, 0.2) is 4.75 Å². The highest BCUT2D eigenvalue weighted by Gasteiger charge is 2.53. The van der Waals surface area contributed by atoms with Gasteiger partial charge in [-0.3, -0.25) is 4.55 Å². The largest absolute Gasteiger partial charge is 0.508 e. The Morgan fingerprint density at radius 3 is 1.97 bits per heavy atom. The van der Waals surface area contributed by atoms with E-state index in [0.717, 1.165) is 18.2 Å². The molecule has 152 valence electrons. The minimum Gasteiger partial charge on any atom is -0.508 e. The van der Waals surface area contributed by atoms with Crippen LogP contribution < -0.4 is 0 Å². The fourth-order valence-corrected chi connectivity index (χ4v) is 5.55. The van der Waals surface area contributed by atoms with Crippen LogP contribution >= 0.6 is 46.4 Å². The number of aromatic hydroxyl groups is 2. The zero-order valence-corrected chi connectivity index (χ0v) is 18.1. The van der Waals surface area contributed by atoms with Gasteiger partial charge in [-0.2, -0.15) is 8.42 Å². The fraction of sp³-hybridized carbons (Fsp3) is 0.0526. The molecular formula is C19H12Cl4O5S. The molecule has 0 aliphatic heterocycles. The van der Waals surface area contributed by atoms with Crippen molar-refractivity contribution in [1.82, 2.24) is 0 Å². The summed E-state index contributed by atoms with van der Waals surface area (Å²) in [5.74, 6) is -1.20. The summed E-state index contributed by atoms with van der Waals surface area (Å²) in [5, 5.41) is 20.9. The maximum Gasteiger partial charge on any atom is 0.283 e. The molecule has 0 spiro atoms. The fourth-order valence-electron chi connectivity index (χ4n) is 3.22. The summed E-state index contributed by atoms with van der Waals surface area (Å²) in [5.41, 5.74) is -0.923. The summed E-state index contributed by atoms with van der Waals surface area (Å²) >= 11 is 24.5. The van der Waals surface area contributed by atoms with Crippen molar-refractivity contribution in [2.75, 3.05) is 0 Å². The average molecular weight is 494 g/mol. The number of phenolic OH excluding ortho intramolecular Hbond substituents is 2. The first kappa shape index (κ1) is 22.0. The molecule has 0 heterocycles. The van der Waals surface area contributed by atoms with Gasteiger partial charge in [0, 0.05) is 31.8 Å². The summed E-state index contributed by atoms with van der Waals surface area (Å²) in [7, 11) is -5.18. The molecule has 0 aromatic heterocycles.